The number of ether oxygens (including phenoxy) is 1. The zero-order chi connectivity index (χ0) is 22.7. The number of imidazole rings is 1. The van der Waals surface area contributed by atoms with Gasteiger partial charge in [0.05, 0.1) is 17.3 Å². The molecular weight excluding hydrogens is 404 g/mol. The number of hydrogen-bond acceptors (Lipinski definition) is 5. The predicted octanol–water partition coefficient (Wildman–Crippen LogP) is 5.07. The number of carbonyl (C=O) groups excluding carboxylic acids is 2. The first-order chi connectivity index (χ1) is 15.1. The van der Waals surface area contributed by atoms with Crippen LogP contribution in [0.15, 0.2) is 30.5 Å². The maximum atomic E-state index is 13.4. The summed E-state index contributed by atoms with van der Waals surface area (Å²) in [5.74, 6) is 2.35. The number of carbonyl (C=O) groups is 2. The van der Waals surface area contributed by atoms with Crippen LogP contribution in [0.5, 0.6) is 0 Å². The Bertz CT molecular complexity index is 1030. The lowest BCUT2D eigenvalue weighted by Gasteiger charge is -2.55. The predicted molar refractivity (Wildman–Crippen MR) is 123 cm³/mol. The van der Waals surface area contributed by atoms with Crippen molar-refractivity contribution >= 4 is 23.6 Å². The average molecular weight is 437 g/mol. The van der Waals surface area contributed by atoms with Gasteiger partial charge in [-0.05, 0) is 89.2 Å². The molecule has 7 nitrogen and oxygen atoms in total. The highest BCUT2D eigenvalue weighted by molar-refractivity contribution is 5.96. The molecule has 0 saturated heterocycles. The van der Waals surface area contributed by atoms with E-state index in [1.807, 2.05) is 24.3 Å². The molecule has 1 amide bonds. The summed E-state index contributed by atoms with van der Waals surface area (Å²) in [6.45, 7) is 5.41. The topological polar surface area (TPSA) is 99.2 Å². The van der Waals surface area contributed by atoms with E-state index in [4.69, 9.17) is 10.5 Å². The fraction of sp³-hybridized carbons (Fsp3) is 0.560. The van der Waals surface area contributed by atoms with Crippen molar-refractivity contribution in [2.24, 2.45) is 23.2 Å². The smallest absolute Gasteiger partial charge is 0.421 e. The van der Waals surface area contributed by atoms with Crippen LogP contribution in [0.2, 0.25) is 0 Å². The van der Waals surface area contributed by atoms with Gasteiger partial charge in [0.2, 0.25) is 11.9 Å². The van der Waals surface area contributed by atoms with Crippen LogP contribution in [-0.2, 0) is 9.53 Å². The quantitative estimate of drug-likeness (QED) is 0.700. The van der Waals surface area contributed by atoms with Crippen molar-refractivity contribution in [2.75, 3.05) is 11.1 Å². The van der Waals surface area contributed by atoms with Crippen molar-refractivity contribution < 1.29 is 14.3 Å². The highest BCUT2D eigenvalue weighted by Gasteiger charge is 2.54. The molecule has 0 unspecified atom stereocenters. The van der Waals surface area contributed by atoms with Gasteiger partial charge in [0.25, 0.3) is 0 Å². The Balaban J connectivity index is 1.38. The third kappa shape index (κ3) is 3.78. The van der Waals surface area contributed by atoms with Gasteiger partial charge in [0.15, 0.2) is 0 Å². The highest BCUT2D eigenvalue weighted by Crippen LogP contribution is 2.60. The molecule has 4 saturated carbocycles. The monoisotopic (exact) mass is 436 g/mol. The first-order valence-corrected chi connectivity index (χ1v) is 11.6. The third-order valence-electron chi connectivity index (χ3n) is 7.30. The van der Waals surface area contributed by atoms with Crippen molar-refractivity contribution in [3.8, 4) is 11.3 Å². The van der Waals surface area contributed by atoms with E-state index in [-0.39, 0.29) is 17.3 Å². The Kier molecular flexibility index (Phi) is 4.84. The van der Waals surface area contributed by atoms with Crippen LogP contribution in [0.1, 0.15) is 59.3 Å². The maximum Gasteiger partial charge on any atom is 0.421 e. The number of aromatic nitrogens is 2. The number of hydrogen-bond donors (Lipinski definition) is 2. The molecule has 1 heterocycles. The minimum absolute atomic E-state index is 0.0669. The standard InChI is InChI=1S/C25H32N4O3/c1-24(2,3)32-23(31)29-20(14-27-22(29)26)18-5-4-6-19(10-18)28-21(30)25-11-15-7-16(12-25)9-17(8-15)13-25/h4-6,10,14-17H,7-9,11-13H2,1-3H3,(H2,26,27)(H,28,30). The minimum Gasteiger partial charge on any atom is -0.443 e. The number of nitrogens with one attached hydrogen (secondary N) is 1. The van der Waals surface area contributed by atoms with Crippen molar-refractivity contribution in [1.82, 2.24) is 9.55 Å². The molecule has 170 valence electrons. The van der Waals surface area contributed by atoms with Gasteiger partial charge >= 0.3 is 6.09 Å². The Morgan fingerprint density at radius 2 is 1.75 bits per heavy atom. The molecule has 32 heavy (non-hydrogen) atoms. The van der Waals surface area contributed by atoms with Gasteiger partial charge in [-0.25, -0.2) is 14.3 Å². The molecular formula is C25H32N4O3. The summed E-state index contributed by atoms with van der Waals surface area (Å²) in [7, 11) is 0. The minimum atomic E-state index is -0.654. The molecule has 4 aliphatic carbocycles. The van der Waals surface area contributed by atoms with Crippen LogP contribution in [0.3, 0.4) is 0 Å². The SMILES string of the molecule is CC(C)(C)OC(=O)n1c(-c2cccc(NC(=O)C34CC5CC(CC(C5)C3)C4)c2)cnc1N. The molecule has 0 atom stereocenters. The molecule has 4 aliphatic rings. The van der Waals surface area contributed by atoms with Gasteiger partial charge < -0.3 is 15.8 Å². The Labute approximate surface area is 188 Å². The van der Waals surface area contributed by atoms with E-state index >= 15 is 0 Å². The van der Waals surface area contributed by atoms with E-state index in [0.29, 0.717) is 23.4 Å². The summed E-state index contributed by atoms with van der Waals surface area (Å²) in [5.41, 5.74) is 7.09. The van der Waals surface area contributed by atoms with Gasteiger partial charge in [0.1, 0.15) is 5.60 Å². The van der Waals surface area contributed by atoms with Crippen LogP contribution in [0.4, 0.5) is 16.4 Å². The van der Waals surface area contributed by atoms with E-state index in [1.165, 1.54) is 23.8 Å². The first kappa shape index (κ1) is 21.0. The lowest BCUT2D eigenvalue weighted by Crippen LogP contribution is -2.51. The number of amides is 1. The van der Waals surface area contributed by atoms with E-state index in [1.54, 1.807) is 27.0 Å². The van der Waals surface area contributed by atoms with Crippen LogP contribution >= 0.6 is 0 Å². The van der Waals surface area contributed by atoms with Crippen LogP contribution in [0, 0.1) is 23.2 Å². The maximum absolute atomic E-state index is 13.4. The summed E-state index contributed by atoms with van der Waals surface area (Å²) in [4.78, 5) is 30.3. The average Bonchev–Trinajstić information content (AvgIpc) is 3.07. The van der Waals surface area contributed by atoms with Crippen molar-refractivity contribution in [3.63, 3.8) is 0 Å². The zero-order valence-corrected chi connectivity index (χ0v) is 19.1. The number of rotatable bonds is 3. The summed E-state index contributed by atoms with van der Waals surface area (Å²) < 4.78 is 6.76. The molecule has 0 radical (unpaired) electrons. The molecule has 4 fully saturated rings. The van der Waals surface area contributed by atoms with Crippen LogP contribution < -0.4 is 11.1 Å². The number of nitrogens with zero attached hydrogens (tertiary/aromatic N) is 2. The molecule has 1 aromatic carbocycles. The molecule has 4 bridgehead atoms. The molecule has 0 aliphatic heterocycles. The Morgan fingerprint density at radius 3 is 2.34 bits per heavy atom. The van der Waals surface area contributed by atoms with Gasteiger partial charge in [-0.1, -0.05) is 12.1 Å². The number of nitrogens with two attached hydrogens (primary N) is 1. The molecule has 7 heteroatoms. The van der Waals surface area contributed by atoms with E-state index in [2.05, 4.69) is 10.3 Å². The number of benzene rings is 1. The summed E-state index contributed by atoms with van der Waals surface area (Å²) in [6, 6.07) is 7.50. The summed E-state index contributed by atoms with van der Waals surface area (Å²) in [5, 5.41) is 3.19. The molecule has 2 aromatic rings. The molecule has 6 rings (SSSR count). The molecule has 1 aromatic heterocycles. The van der Waals surface area contributed by atoms with Gasteiger partial charge in [-0.15, -0.1) is 0 Å². The third-order valence-corrected chi connectivity index (χ3v) is 7.30. The van der Waals surface area contributed by atoms with E-state index < -0.39 is 11.7 Å². The van der Waals surface area contributed by atoms with Crippen LogP contribution in [0.25, 0.3) is 11.3 Å². The van der Waals surface area contributed by atoms with E-state index in [0.717, 1.165) is 30.5 Å². The molecule has 3 N–H and O–H groups in total. The van der Waals surface area contributed by atoms with Crippen LogP contribution in [-0.4, -0.2) is 27.2 Å². The van der Waals surface area contributed by atoms with E-state index in [9.17, 15) is 9.59 Å². The Hall–Kier alpha value is -2.83. The zero-order valence-electron chi connectivity index (χ0n) is 19.1. The molecule has 0 spiro atoms. The van der Waals surface area contributed by atoms with Crippen molar-refractivity contribution in [2.45, 2.75) is 64.9 Å². The highest BCUT2D eigenvalue weighted by atomic mass is 16.6. The number of anilines is 2. The van der Waals surface area contributed by atoms with Gasteiger partial charge in [-0.3, -0.25) is 4.79 Å². The fourth-order valence-corrected chi connectivity index (χ4v) is 6.48. The second-order valence-corrected chi connectivity index (χ2v) is 11.1. The lowest BCUT2D eigenvalue weighted by molar-refractivity contribution is -0.140. The van der Waals surface area contributed by atoms with Crippen molar-refractivity contribution in [1.29, 1.82) is 0 Å². The van der Waals surface area contributed by atoms with Gasteiger partial charge in [-0.2, -0.15) is 0 Å². The summed E-state index contributed by atoms with van der Waals surface area (Å²) >= 11 is 0. The first-order valence-electron chi connectivity index (χ1n) is 11.6. The largest absolute Gasteiger partial charge is 0.443 e. The lowest BCUT2D eigenvalue weighted by atomic mass is 9.49. The fourth-order valence-electron chi connectivity index (χ4n) is 6.48. The summed E-state index contributed by atoms with van der Waals surface area (Å²) in [6.07, 6.45) is 7.95. The Morgan fingerprint density at radius 1 is 1.12 bits per heavy atom. The second kappa shape index (κ2) is 7.36. The van der Waals surface area contributed by atoms with Gasteiger partial charge in [0, 0.05) is 11.3 Å². The number of nitrogen functional groups attached to an aromatic ring is 1. The second-order valence-electron chi connectivity index (χ2n) is 11.1. The van der Waals surface area contributed by atoms with Crippen molar-refractivity contribution in [3.05, 3.63) is 30.5 Å². The normalized spacial score (nSPS) is 28.5.